The summed E-state index contributed by atoms with van der Waals surface area (Å²) in [6.07, 6.45) is -3.20. The number of thiazole rings is 1. The van der Waals surface area contributed by atoms with Gasteiger partial charge in [-0.15, -0.1) is 0 Å². The molecule has 31 heavy (non-hydrogen) atoms. The molecule has 2 aromatic carbocycles. The third-order valence-electron chi connectivity index (χ3n) is 4.18. The Labute approximate surface area is 181 Å². The summed E-state index contributed by atoms with van der Waals surface area (Å²) in [5, 5.41) is 6.40. The lowest BCUT2D eigenvalue weighted by Gasteiger charge is -2.12. The first kappa shape index (κ1) is 22.3. The van der Waals surface area contributed by atoms with Crippen LogP contribution in [-0.4, -0.2) is 38.3 Å². The number of rotatable bonds is 6. The molecule has 1 amide bonds. The highest BCUT2D eigenvalue weighted by molar-refractivity contribution is 7.17. The van der Waals surface area contributed by atoms with Gasteiger partial charge in [0.25, 0.3) is 5.91 Å². The predicted octanol–water partition coefficient (Wildman–Crippen LogP) is 5.13. The van der Waals surface area contributed by atoms with Gasteiger partial charge in [0.2, 0.25) is 0 Å². The summed E-state index contributed by atoms with van der Waals surface area (Å²) in [4.78, 5) is 22.0. The van der Waals surface area contributed by atoms with E-state index in [1.807, 2.05) is 24.3 Å². The van der Waals surface area contributed by atoms with Crippen LogP contribution in [0.1, 0.15) is 20.9 Å². The van der Waals surface area contributed by atoms with Gasteiger partial charge in [0.15, 0.2) is 10.8 Å². The monoisotopic (exact) mass is 448 g/mol. The lowest BCUT2D eigenvalue weighted by atomic mass is 10.0. The fraction of sp³-hybridized carbons (Fsp3) is 0.190. The molecule has 0 unspecified atom stereocenters. The highest BCUT2D eigenvalue weighted by atomic mass is 32.1. The van der Waals surface area contributed by atoms with Crippen molar-refractivity contribution in [2.45, 2.75) is 6.18 Å². The number of carbonyl (C=O) groups excluding carboxylic acids is 1. The van der Waals surface area contributed by atoms with Crippen LogP contribution in [0.15, 0.2) is 53.7 Å². The van der Waals surface area contributed by atoms with E-state index in [0.717, 1.165) is 11.1 Å². The minimum atomic E-state index is -4.74. The fourth-order valence-corrected chi connectivity index (χ4v) is 3.64. The van der Waals surface area contributed by atoms with Crippen molar-refractivity contribution in [3.05, 3.63) is 64.7 Å². The zero-order valence-electron chi connectivity index (χ0n) is 16.9. The number of hydrogen-bond donors (Lipinski definition) is 1. The molecule has 1 aromatic heterocycles. The summed E-state index contributed by atoms with van der Waals surface area (Å²) < 4.78 is 40.3. The fourth-order valence-electron chi connectivity index (χ4n) is 2.73. The van der Waals surface area contributed by atoms with Gasteiger partial charge in [-0.25, -0.2) is 4.98 Å². The van der Waals surface area contributed by atoms with Gasteiger partial charge in [-0.3, -0.25) is 4.79 Å². The number of nitrogens with one attached hydrogen (secondary N) is 1. The maximum absolute atomic E-state index is 13.4. The van der Waals surface area contributed by atoms with Crippen LogP contribution < -0.4 is 10.2 Å². The number of hydrogen-bond acceptors (Lipinski definition) is 6. The smallest absolute Gasteiger partial charge is 0.399 e. The van der Waals surface area contributed by atoms with Gasteiger partial charge in [-0.05, 0) is 17.2 Å². The Morgan fingerprint density at radius 1 is 1.16 bits per heavy atom. The Morgan fingerprint density at radius 2 is 1.84 bits per heavy atom. The van der Waals surface area contributed by atoms with E-state index in [4.69, 9.17) is 0 Å². The average molecular weight is 448 g/mol. The number of amides is 1. The summed E-state index contributed by atoms with van der Waals surface area (Å²) in [7, 11) is 4.58. The third kappa shape index (κ3) is 5.21. The van der Waals surface area contributed by atoms with Crippen molar-refractivity contribution >= 4 is 34.3 Å². The molecule has 10 heteroatoms. The number of nitrogens with zero attached hydrogens (tertiary/aromatic N) is 3. The van der Waals surface area contributed by atoms with E-state index in [9.17, 15) is 18.0 Å². The number of alkyl halides is 3. The van der Waals surface area contributed by atoms with Gasteiger partial charge < -0.3 is 15.1 Å². The first-order chi connectivity index (χ1) is 14.7. The Hall–Kier alpha value is -3.40. The van der Waals surface area contributed by atoms with Crippen LogP contribution in [0.3, 0.4) is 0 Å². The molecule has 0 aliphatic carbocycles. The molecule has 0 bridgehead atoms. The van der Waals surface area contributed by atoms with Crippen molar-refractivity contribution in [3.63, 3.8) is 0 Å². The zero-order chi connectivity index (χ0) is 22.6. The molecule has 162 valence electrons. The van der Waals surface area contributed by atoms with Crippen LogP contribution in [-0.2, 0) is 11.0 Å². The number of oxime groups is 1. The van der Waals surface area contributed by atoms with Crippen LogP contribution >= 0.6 is 11.3 Å². The molecule has 0 saturated carbocycles. The molecule has 0 atom stereocenters. The van der Waals surface area contributed by atoms with Gasteiger partial charge in [-0.2, -0.15) is 13.2 Å². The van der Waals surface area contributed by atoms with Crippen LogP contribution in [0.4, 0.5) is 24.0 Å². The Kier molecular flexibility index (Phi) is 6.59. The topological polar surface area (TPSA) is 66.8 Å². The number of halogens is 3. The molecule has 0 fully saturated rings. The van der Waals surface area contributed by atoms with Crippen molar-refractivity contribution in [1.82, 2.24) is 4.98 Å². The summed E-state index contributed by atoms with van der Waals surface area (Å²) in [6.45, 7) is 0. The van der Waals surface area contributed by atoms with Crippen molar-refractivity contribution in [2.75, 3.05) is 31.4 Å². The Bertz CT molecular complexity index is 1090. The minimum Gasteiger partial charge on any atom is -0.399 e. The largest absolute Gasteiger partial charge is 0.435 e. The van der Waals surface area contributed by atoms with Crippen LogP contribution in [0.25, 0.3) is 11.1 Å². The maximum Gasteiger partial charge on any atom is 0.435 e. The molecule has 0 spiro atoms. The van der Waals surface area contributed by atoms with E-state index >= 15 is 0 Å². The quantitative estimate of drug-likeness (QED) is 0.420. The van der Waals surface area contributed by atoms with Gasteiger partial charge >= 0.3 is 6.18 Å². The second-order valence-corrected chi connectivity index (χ2v) is 7.58. The second-order valence-electron chi connectivity index (χ2n) is 6.61. The first-order valence-electron chi connectivity index (χ1n) is 9.03. The predicted molar refractivity (Wildman–Crippen MR) is 116 cm³/mol. The summed E-state index contributed by atoms with van der Waals surface area (Å²) in [5.41, 5.74) is 1.44. The lowest BCUT2D eigenvalue weighted by molar-refractivity contribution is -0.140. The van der Waals surface area contributed by atoms with Crippen LogP contribution in [0.2, 0.25) is 0 Å². The molecular weight excluding hydrogens is 429 g/mol. The van der Waals surface area contributed by atoms with Gasteiger partial charge in [-0.1, -0.05) is 59.0 Å². The number of aromatic nitrogens is 1. The lowest BCUT2D eigenvalue weighted by Crippen LogP contribution is -2.17. The molecule has 3 rings (SSSR count). The molecule has 1 heterocycles. The third-order valence-corrected chi connectivity index (χ3v) is 5.40. The molecule has 0 radical (unpaired) electrons. The number of para-hydroxylation sites is 1. The zero-order valence-corrected chi connectivity index (χ0v) is 17.7. The Balaban J connectivity index is 1.93. The van der Waals surface area contributed by atoms with Crippen LogP contribution in [0, 0.1) is 0 Å². The van der Waals surface area contributed by atoms with E-state index in [0.29, 0.717) is 22.6 Å². The molecule has 0 aliphatic rings. The molecule has 1 N–H and O–H groups in total. The number of benzene rings is 2. The molecule has 3 aromatic rings. The maximum atomic E-state index is 13.4. The number of anilines is 2. The van der Waals surface area contributed by atoms with Crippen molar-refractivity contribution < 1.29 is 22.8 Å². The van der Waals surface area contributed by atoms with E-state index in [-0.39, 0.29) is 5.13 Å². The highest BCUT2D eigenvalue weighted by Crippen LogP contribution is 2.38. The molecule has 0 aliphatic heterocycles. The summed E-state index contributed by atoms with van der Waals surface area (Å²) >= 11 is 0.689. The van der Waals surface area contributed by atoms with Crippen molar-refractivity contribution in [1.29, 1.82) is 0 Å². The standard InChI is InChI=1S/C21H19F3N4O2S/c1-28(2)20-27-18(21(22,23)24)17(31-20)19(29)26-16-7-5-4-6-15(16)14-10-8-13(9-11-14)12-25-30-3/h4-12H,1-3H3,(H,26,29). The summed E-state index contributed by atoms with van der Waals surface area (Å²) in [5.74, 6) is -0.866. The van der Waals surface area contributed by atoms with E-state index in [1.165, 1.54) is 12.0 Å². The second kappa shape index (κ2) is 9.17. The van der Waals surface area contributed by atoms with E-state index in [2.05, 4.69) is 20.3 Å². The average Bonchev–Trinajstić information content (AvgIpc) is 3.20. The van der Waals surface area contributed by atoms with Crippen molar-refractivity contribution in [2.24, 2.45) is 5.16 Å². The SMILES string of the molecule is CON=Cc1ccc(-c2ccccc2NC(=O)c2sc(N(C)C)nc2C(F)(F)F)cc1. The van der Waals surface area contributed by atoms with E-state index < -0.39 is 22.7 Å². The molecule has 6 nitrogen and oxygen atoms in total. The van der Waals surface area contributed by atoms with Crippen LogP contribution in [0.5, 0.6) is 0 Å². The van der Waals surface area contributed by atoms with Gasteiger partial charge in [0, 0.05) is 25.3 Å². The van der Waals surface area contributed by atoms with Gasteiger partial charge in [0.05, 0.1) is 6.21 Å². The highest BCUT2D eigenvalue weighted by Gasteiger charge is 2.40. The minimum absolute atomic E-state index is 0.0964. The molecule has 0 saturated heterocycles. The van der Waals surface area contributed by atoms with E-state index in [1.54, 1.807) is 44.6 Å². The summed E-state index contributed by atoms with van der Waals surface area (Å²) in [6, 6.07) is 14.1. The van der Waals surface area contributed by atoms with Gasteiger partial charge in [0.1, 0.15) is 12.0 Å². The first-order valence-corrected chi connectivity index (χ1v) is 9.85. The number of carbonyl (C=O) groups is 1. The molecular formula is C21H19F3N4O2S. The Morgan fingerprint density at radius 3 is 2.45 bits per heavy atom. The van der Waals surface area contributed by atoms with Crippen molar-refractivity contribution in [3.8, 4) is 11.1 Å². The normalized spacial score (nSPS) is 11.5.